The lowest BCUT2D eigenvalue weighted by atomic mass is 10.0. The Labute approximate surface area is 142 Å². The molecule has 2 aliphatic heterocycles. The molecule has 0 spiro atoms. The summed E-state index contributed by atoms with van der Waals surface area (Å²) in [6.45, 7) is 3.05. The van der Waals surface area contributed by atoms with Crippen LogP contribution in [0.1, 0.15) is 6.42 Å². The van der Waals surface area contributed by atoms with E-state index in [2.05, 4.69) is 30.1 Å². The molecule has 0 bridgehead atoms. The molecule has 1 unspecified atom stereocenters. The first-order chi connectivity index (χ1) is 11.7. The first kappa shape index (κ1) is 15.2. The zero-order valence-electron chi connectivity index (χ0n) is 13.9. The lowest BCUT2D eigenvalue weighted by molar-refractivity contribution is -0.122. The van der Waals surface area contributed by atoms with Gasteiger partial charge in [0.05, 0.1) is 18.2 Å². The summed E-state index contributed by atoms with van der Waals surface area (Å²) in [7, 11) is 2.08. The SMILES string of the molecule is CN1CCC(C(=O)N2CCOc3cc(-c4ccccc4)ccc32)C1. The van der Waals surface area contributed by atoms with Crippen molar-refractivity contribution in [1.29, 1.82) is 0 Å². The molecule has 24 heavy (non-hydrogen) atoms. The molecule has 1 fully saturated rings. The average molecular weight is 322 g/mol. The fraction of sp³-hybridized carbons (Fsp3) is 0.350. The van der Waals surface area contributed by atoms with Gasteiger partial charge in [-0.1, -0.05) is 36.4 Å². The van der Waals surface area contributed by atoms with Gasteiger partial charge in [-0.3, -0.25) is 4.79 Å². The molecule has 1 saturated heterocycles. The van der Waals surface area contributed by atoms with Crippen molar-refractivity contribution in [2.24, 2.45) is 5.92 Å². The van der Waals surface area contributed by atoms with Gasteiger partial charge in [-0.05, 0) is 43.3 Å². The van der Waals surface area contributed by atoms with Gasteiger partial charge < -0.3 is 14.5 Å². The van der Waals surface area contributed by atoms with Gasteiger partial charge in [-0.15, -0.1) is 0 Å². The van der Waals surface area contributed by atoms with Crippen molar-refractivity contribution in [3.05, 3.63) is 48.5 Å². The Hall–Kier alpha value is -2.33. The molecule has 0 N–H and O–H groups in total. The van der Waals surface area contributed by atoms with Gasteiger partial charge in [0.2, 0.25) is 5.91 Å². The van der Waals surface area contributed by atoms with E-state index in [0.29, 0.717) is 13.2 Å². The molecule has 2 heterocycles. The summed E-state index contributed by atoms with van der Waals surface area (Å²) in [6.07, 6.45) is 0.949. The largest absolute Gasteiger partial charge is 0.490 e. The van der Waals surface area contributed by atoms with Gasteiger partial charge in [0.25, 0.3) is 0 Å². The number of hydrogen-bond donors (Lipinski definition) is 0. The molecule has 1 atom stereocenters. The normalized spacial score (nSPS) is 20.5. The Morgan fingerprint density at radius 2 is 1.92 bits per heavy atom. The van der Waals surface area contributed by atoms with Crippen molar-refractivity contribution in [1.82, 2.24) is 4.90 Å². The number of benzene rings is 2. The molecule has 0 radical (unpaired) electrons. The maximum atomic E-state index is 12.9. The zero-order valence-corrected chi connectivity index (χ0v) is 13.9. The van der Waals surface area contributed by atoms with E-state index >= 15 is 0 Å². The Balaban J connectivity index is 1.62. The summed E-state index contributed by atoms with van der Waals surface area (Å²) in [4.78, 5) is 17.0. The Morgan fingerprint density at radius 1 is 1.08 bits per heavy atom. The highest BCUT2D eigenvalue weighted by atomic mass is 16.5. The van der Waals surface area contributed by atoms with Crippen LogP contribution in [0.15, 0.2) is 48.5 Å². The third-order valence-electron chi connectivity index (χ3n) is 4.94. The Kier molecular flexibility index (Phi) is 3.98. The second kappa shape index (κ2) is 6.29. The molecule has 0 saturated carbocycles. The van der Waals surface area contributed by atoms with Crippen LogP contribution >= 0.6 is 0 Å². The predicted molar refractivity (Wildman–Crippen MR) is 95.3 cm³/mol. The van der Waals surface area contributed by atoms with Crippen LogP contribution < -0.4 is 9.64 Å². The van der Waals surface area contributed by atoms with E-state index < -0.39 is 0 Å². The molecule has 4 heteroatoms. The molecule has 2 aliphatic rings. The highest BCUT2D eigenvalue weighted by molar-refractivity contribution is 5.97. The van der Waals surface area contributed by atoms with E-state index in [9.17, 15) is 4.79 Å². The number of anilines is 1. The summed E-state index contributed by atoms with van der Waals surface area (Å²) < 4.78 is 5.85. The van der Waals surface area contributed by atoms with Gasteiger partial charge in [0.15, 0.2) is 0 Å². The summed E-state index contributed by atoms with van der Waals surface area (Å²) in [5.41, 5.74) is 3.18. The molecule has 124 valence electrons. The summed E-state index contributed by atoms with van der Waals surface area (Å²) in [5.74, 6) is 1.15. The fourth-order valence-electron chi connectivity index (χ4n) is 3.62. The molecule has 2 aromatic rings. The number of rotatable bonds is 2. The second-order valence-corrected chi connectivity index (χ2v) is 6.63. The van der Waals surface area contributed by atoms with Gasteiger partial charge >= 0.3 is 0 Å². The minimum absolute atomic E-state index is 0.106. The number of carbonyl (C=O) groups is 1. The first-order valence-corrected chi connectivity index (χ1v) is 8.54. The van der Waals surface area contributed by atoms with Crippen molar-refractivity contribution in [2.75, 3.05) is 38.2 Å². The third kappa shape index (κ3) is 2.78. The lowest BCUT2D eigenvalue weighted by Gasteiger charge is -2.31. The van der Waals surface area contributed by atoms with Crippen molar-refractivity contribution in [3.63, 3.8) is 0 Å². The summed E-state index contributed by atoms with van der Waals surface area (Å²) >= 11 is 0. The van der Waals surface area contributed by atoms with Crippen LogP contribution in [0.2, 0.25) is 0 Å². The van der Waals surface area contributed by atoms with Crippen LogP contribution in [0.5, 0.6) is 5.75 Å². The van der Waals surface area contributed by atoms with E-state index in [1.807, 2.05) is 35.2 Å². The van der Waals surface area contributed by atoms with E-state index in [0.717, 1.165) is 42.1 Å². The topological polar surface area (TPSA) is 32.8 Å². The maximum Gasteiger partial charge on any atom is 0.231 e. The molecule has 4 nitrogen and oxygen atoms in total. The molecule has 2 aromatic carbocycles. The molecule has 0 aromatic heterocycles. The van der Waals surface area contributed by atoms with Gasteiger partial charge in [0, 0.05) is 6.54 Å². The fourth-order valence-corrected chi connectivity index (χ4v) is 3.62. The lowest BCUT2D eigenvalue weighted by Crippen LogP contribution is -2.42. The molecule has 1 amide bonds. The first-order valence-electron chi connectivity index (χ1n) is 8.54. The third-order valence-corrected chi connectivity index (χ3v) is 4.94. The number of fused-ring (bicyclic) bond motifs is 1. The number of ether oxygens (including phenoxy) is 1. The number of carbonyl (C=O) groups excluding carboxylic acids is 1. The zero-order chi connectivity index (χ0) is 16.5. The second-order valence-electron chi connectivity index (χ2n) is 6.63. The number of likely N-dealkylation sites (tertiary alicyclic amines) is 1. The highest BCUT2D eigenvalue weighted by Gasteiger charge is 2.33. The average Bonchev–Trinajstić information content (AvgIpc) is 3.07. The van der Waals surface area contributed by atoms with E-state index in [1.165, 1.54) is 0 Å². The standard InChI is InChI=1S/C20H22N2O2/c1-21-10-9-17(14-21)20(23)22-11-12-24-19-13-16(7-8-18(19)22)15-5-3-2-4-6-15/h2-8,13,17H,9-12,14H2,1H3. The van der Waals surface area contributed by atoms with Crippen molar-refractivity contribution >= 4 is 11.6 Å². The predicted octanol–water partition coefficient (Wildman–Crippen LogP) is 3.03. The minimum atomic E-state index is 0.106. The van der Waals surface area contributed by atoms with Crippen molar-refractivity contribution in [3.8, 4) is 16.9 Å². The Bertz CT molecular complexity index is 745. The van der Waals surface area contributed by atoms with E-state index in [4.69, 9.17) is 4.74 Å². The minimum Gasteiger partial charge on any atom is -0.490 e. The van der Waals surface area contributed by atoms with Crippen LogP contribution in [-0.2, 0) is 4.79 Å². The Morgan fingerprint density at radius 3 is 2.67 bits per heavy atom. The van der Waals surface area contributed by atoms with Crippen molar-refractivity contribution < 1.29 is 9.53 Å². The van der Waals surface area contributed by atoms with Crippen LogP contribution in [0.4, 0.5) is 5.69 Å². The van der Waals surface area contributed by atoms with Gasteiger partial charge in [-0.2, -0.15) is 0 Å². The molecule has 4 rings (SSSR count). The molecular weight excluding hydrogens is 300 g/mol. The number of nitrogens with zero attached hydrogens (tertiary/aromatic N) is 2. The van der Waals surface area contributed by atoms with Crippen LogP contribution in [0, 0.1) is 5.92 Å². The molecular formula is C20H22N2O2. The van der Waals surface area contributed by atoms with E-state index in [1.54, 1.807) is 0 Å². The van der Waals surface area contributed by atoms with Crippen LogP contribution in [0.25, 0.3) is 11.1 Å². The van der Waals surface area contributed by atoms with Gasteiger partial charge in [-0.25, -0.2) is 0 Å². The summed E-state index contributed by atoms with van der Waals surface area (Å²) in [5, 5.41) is 0. The van der Waals surface area contributed by atoms with E-state index in [-0.39, 0.29) is 11.8 Å². The maximum absolute atomic E-state index is 12.9. The molecule has 0 aliphatic carbocycles. The van der Waals surface area contributed by atoms with Crippen LogP contribution in [-0.4, -0.2) is 44.1 Å². The monoisotopic (exact) mass is 322 g/mol. The quantitative estimate of drug-likeness (QED) is 0.852. The van der Waals surface area contributed by atoms with Crippen molar-refractivity contribution in [2.45, 2.75) is 6.42 Å². The van der Waals surface area contributed by atoms with Crippen LogP contribution in [0.3, 0.4) is 0 Å². The smallest absolute Gasteiger partial charge is 0.231 e. The summed E-state index contributed by atoms with van der Waals surface area (Å²) in [6, 6.07) is 16.4. The number of hydrogen-bond acceptors (Lipinski definition) is 3. The number of amides is 1. The highest BCUT2D eigenvalue weighted by Crippen LogP contribution is 2.36. The van der Waals surface area contributed by atoms with Gasteiger partial charge in [0.1, 0.15) is 12.4 Å².